The molecule has 39 heavy (non-hydrogen) atoms. The second-order valence-electron chi connectivity index (χ2n) is 10.4. The van der Waals surface area contributed by atoms with E-state index in [1.165, 1.54) is 6.08 Å². The van der Waals surface area contributed by atoms with Gasteiger partial charge in [-0.2, -0.15) is 0 Å². The van der Waals surface area contributed by atoms with Crippen molar-refractivity contribution in [3.8, 4) is 0 Å². The predicted octanol–water partition coefficient (Wildman–Crippen LogP) is 6.93. The van der Waals surface area contributed by atoms with Crippen LogP contribution in [0.2, 0.25) is 0 Å². The SMILES string of the molecule is CC[C@H]1OC(=O)[C@H](C)/C=C/C(=O)[C@](C)(OCc2ccccc2)C[C@@H](C)[C@H](OCc2ccccc2)C=C=C=C1C. The molecule has 2 aromatic carbocycles. The molecule has 0 aromatic heterocycles. The number of hydrogen-bond acceptors (Lipinski definition) is 5. The van der Waals surface area contributed by atoms with Gasteiger partial charge in [0, 0.05) is 5.57 Å². The van der Waals surface area contributed by atoms with Gasteiger partial charge in [0.25, 0.3) is 0 Å². The summed E-state index contributed by atoms with van der Waals surface area (Å²) >= 11 is 0. The fourth-order valence-electron chi connectivity index (χ4n) is 4.45. The molecule has 0 unspecified atom stereocenters. The van der Waals surface area contributed by atoms with E-state index in [1.54, 1.807) is 13.0 Å². The number of esters is 1. The molecule has 2 aromatic rings. The van der Waals surface area contributed by atoms with Crippen molar-refractivity contribution < 1.29 is 23.8 Å². The average Bonchev–Trinajstić information content (AvgIpc) is 2.95. The zero-order valence-electron chi connectivity index (χ0n) is 23.7. The summed E-state index contributed by atoms with van der Waals surface area (Å²) in [6, 6.07) is 19.7. The van der Waals surface area contributed by atoms with Crippen molar-refractivity contribution in [2.75, 3.05) is 0 Å². The summed E-state index contributed by atoms with van der Waals surface area (Å²) in [5.41, 5.74) is 7.95. The van der Waals surface area contributed by atoms with Crippen LogP contribution in [-0.4, -0.2) is 29.6 Å². The quantitative estimate of drug-likeness (QED) is 0.288. The molecule has 3 rings (SSSR count). The Hall–Kier alpha value is -3.46. The predicted molar refractivity (Wildman–Crippen MR) is 153 cm³/mol. The molecule has 0 saturated heterocycles. The van der Waals surface area contributed by atoms with Gasteiger partial charge < -0.3 is 14.2 Å². The van der Waals surface area contributed by atoms with Gasteiger partial charge in [-0.05, 0) is 62.8 Å². The molecule has 0 amide bonds. The highest BCUT2D eigenvalue weighted by Crippen LogP contribution is 2.29. The first-order valence-electron chi connectivity index (χ1n) is 13.7. The van der Waals surface area contributed by atoms with Crippen LogP contribution in [0, 0.1) is 11.8 Å². The number of rotatable bonds is 7. The van der Waals surface area contributed by atoms with Crippen LogP contribution in [0.5, 0.6) is 0 Å². The number of carbonyl (C=O) groups is 2. The van der Waals surface area contributed by atoms with Gasteiger partial charge >= 0.3 is 5.97 Å². The van der Waals surface area contributed by atoms with Crippen molar-refractivity contribution in [1.29, 1.82) is 0 Å². The van der Waals surface area contributed by atoms with Crippen LogP contribution in [0.3, 0.4) is 0 Å². The van der Waals surface area contributed by atoms with E-state index in [0.29, 0.717) is 19.4 Å². The maximum atomic E-state index is 13.6. The molecule has 0 aliphatic carbocycles. The molecule has 1 aliphatic rings. The average molecular weight is 529 g/mol. The Morgan fingerprint density at radius 3 is 2.21 bits per heavy atom. The molecule has 0 spiro atoms. The number of hydrogen-bond donors (Lipinski definition) is 0. The lowest BCUT2D eigenvalue weighted by atomic mass is 9.85. The molecule has 1 aliphatic heterocycles. The fraction of sp³-hybridized carbons (Fsp3) is 0.412. The lowest BCUT2D eigenvalue weighted by Gasteiger charge is -2.32. The lowest BCUT2D eigenvalue weighted by Crippen LogP contribution is -2.41. The molecule has 5 atom stereocenters. The molecule has 0 bridgehead atoms. The highest BCUT2D eigenvalue weighted by atomic mass is 16.5. The minimum absolute atomic E-state index is 0.0937. The normalized spacial score (nSPS) is 27.3. The number of cyclic esters (lactones) is 1. The van der Waals surface area contributed by atoms with Crippen LogP contribution in [0.25, 0.3) is 0 Å². The summed E-state index contributed by atoms with van der Waals surface area (Å²) in [5.74, 6) is -1.28. The van der Waals surface area contributed by atoms with E-state index < -0.39 is 23.6 Å². The molecule has 206 valence electrons. The number of benzene rings is 2. The second kappa shape index (κ2) is 14.6. The van der Waals surface area contributed by atoms with Crippen LogP contribution in [0.15, 0.2) is 95.9 Å². The van der Waals surface area contributed by atoms with Gasteiger partial charge in [-0.25, -0.2) is 0 Å². The summed E-state index contributed by atoms with van der Waals surface area (Å²) in [5, 5.41) is 0. The summed E-state index contributed by atoms with van der Waals surface area (Å²) < 4.78 is 18.4. The summed E-state index contributed by atoms with van der Waals surface area (Å²) in [7, 11) is 0. The molecule has 0 radical (unpaired) electrons. The Labute approximate surface area is 232 Å². The zero-order valence-corrected chi connectivity index (χ0v) is 23.7. The first-order valence-corrected chi connectivity index (χ1v) is 13.7. The molecule has 5 heteroatoms. The van der Waals surface area contributed by atoms with Gasteiger partial charge in [-0.1, -0.05) is 92.0 Å². The largest absolute Gasteiger partial charge is 0.457 e. The minimum atomic E-state index is -1.14. The minimum Gasteiger partial charge on any atom is -0.457 e. The second-order valence-corrected chi connectivity index (χ2v) is 10.4. The van der Waals surface area contributed by atoms with E-state index in [4.69, 9.17) is 14.2 Å². The fourth-order valence-corrected chi connectivity index (χ4v) is 4.45. The van der Waals surface area contributed by atoms with Gasteiger partial charge in [-0.3, -0.25) is 9.59 Å². The maximum absolute atomic E-state index is 13.6. The van der Waals surface area contributed by atoms with Gasteiger partial charge in [0.2, 0.25) is 0 Å². The number of ketones is 1. The molecular weight excluding hydrogens is 488 g/mol. The standard InChI is InChI=1S/C34H40O5/c1-6-30-25(2)14-13-19-31(37-23-28-15-9-7-10-16-28)27(4)22-34(5,38-24-29-17-11-8-12-18-29)32(35)21-20-26(3)33(36)39-30/h7-12,15-21,26-27,30-31H,6,22-24H2,1-5H3/b21-20+,25-19?/t26-,27-,30-,31-,34-/m1/s1. The smallest absolute Gasteiger partial charge is 0.313 e. The van der Waals surface area contributed by atoms with E-state index in [1.807, 2.05) is 94.4 Å². The van der Waals surface area contributed by atoms with Crippen LogP contribution in [0.1, 0.15) is 58.6 Å². The van der Waals surface area contributed by atoms with Crippen LogP contribution >= 0.6 is 0 Å². The first-order chi connectivity index (χ1) is 18.7. The van der Waals surface area contributed by atoms with Crippen molar-refractivity contribution in [2.24, 2.45) is 11.8 Å². The molecule has 0 N–H and O–H groups in total. The third-order valence-electron chi connectivity index (χ3n) is 7.02. The topological polar surface area (TPSA) is 61.8 Å². The van der Waals surface area contributed by atoms with Gasteiger partial charge in [0.15, 0.2) is 5.78 Å². The highest BCUT2D eigenvalue weighted by Gasteiger charge is 2.36. The molecule has 0 saturated carbocycles. The Morgan fingerprint density at radius 2 is 1.59 bits per heavy atom. The molecule has 0 fully saturated rings. The van der Waals surface area contributed by atoms with Crippen molar-refractivity contribution in [3.05, 3.63) is 107 Å². The third kappa shape index (κ3) is 9.06. The first kappa shape index (κ1) is 30.1. The van der Waals surface area contributed by atoms with Gasteiger partial charge in [0.05, 0.1) is 25.2 Å². The van der Waals surface area contributed by atoms with Crippen LogP contribution in [0.4, 0.5) is 0 Å². The van der Waals surface area contributed by atoms with Crippen LogP contribution < -0.4 is 0 Å². The van der Waals surface area contributed by atoms with E-state index in [-0.39, 0.29) is 24.4 Å². The summed E-state index contributed by atoms with van der Waals surface area (Å²) in [4.78, 5) is 26.4. The third-order valence-corrected chi connectivity index (χ3v) is 7.02. The molecule has 1 heterocycles. The highest BCUT2D eigenvalue weighted by molar-refractivity contribution is 5.97. The monoisotopic (exact) mass is 528 g/mol. The van der Waals surface area contributed by atoms with E-state index in [2.05, 4.69) is 11.5 Å². The Kier molecular flexibility index (Phi) is 11.3. The Morgan fingerprint density at radius 1 is 0.974 bits per heavy atom. The van der Waals surface area contributed by atoms with E-state index in [0.717, 1.165) is 16.7 Å². The summed E-state index contributed by atoms with van der Waals surface area (Å²) in [6.45, 7) is 10.1. The van der Waals surface area contributed by atoms with E-state index in [9.17, 15) is 9.59 Å². The molecule has 5 nitrogen and oxygen atoms in total. The van der Waals surface area contributed by atoms with Crippen molar-refractivity contribution >= 4 is 11.8 Å². The Bertz CT molecular complexity index is 1220. The summed E-state index contributed by atoms with van der Waals surface area (Å²) in [6.07, 6.45) is 5.14. The maximum Gasteiger partial charge on any atom is 0.313 e. The number of ether oxygens (including phenoxy) is 3. The lowest BCUT2D eigenvalue weighted by molar-refractivity contribution is -0.150. The van der Waals surface area contributed by atoms with E-state index >= 15 is 0 Å². The van der Waals surface area contributed by atoms with Gasteiger partial charge in [0.1, 0.15) is 11.7 Å². The molecular formula is C34H40O5. The van der Waals surface area contributed by atoms with Crippen molar-refractivity contribution in [3.63, 3.8) is 0 Å². The van der Waals surface area contributed by atoms with Crippen LogP contribution in [-0.2, 0) is 37.0 Å². The number of carbonyl (C=O) groups excluding carboxylic acids is 2. The van der Waals surface area contributed by atoms with Crippen molar-refractivity contribution in [2.45, 2.75) is 78.5 Å². The Balaban J connectivity index is 1.97. The van der Waals surface area contributed by atoms with Gasteiger partial charge in [-0.15, -0.1) is 0 Å². The van der Waals surface area contributed by atoms with Crippen molar-refractivity contribution in [1.82, 2.24) is 0 Å². The zero-order chi connectivity index (χ0) is 28.3.